The van der Waals surface area contributed by atoms with Crippen molar-refractivity contribution in [1.29, 1.82) is 0 Å². The van der Waals surface area contributed by atoms with Crippen molar-refractivity contribution in [3.63, 3.8) is 0 Å². The van der Waals surface area contributed by atoms with Crippen LogP contribution in [0.4, 0.5) is 4.79 Å². The highest BCUT2D eigenvalue weighted by Crippen LogP contribution is 2.48. The van der Waals surface area contributed by atoms with Gasteiger partial charge in [-0.1, -0.05) is 41.5 Å². The summed E-state index contributed by atoms with van der Waals surface area (Å²) in [6, 6.07) is 1.56. The molecule has 0 aliphatic carbocycles. The van der Waals surface area contributed by atoms with Crippen LogP contribution in [0.3, 0.4) is 0 Å². The van der Waals surface area contributed by atoms with Gasteiger partial charge in [0.1, 0.15) is 6.04 Å². The summed E-state index contributed by atoms with van der Waals surface area (Å²) in [5.41, 5.74) is 2.05. The van der Waals surface area contributed by atoms with Gasteiger partial charge in [0.05, 0.1) is 6.61 Å². The van der Waals surface area contributed by atoms with E-state index in [-0.39, 0.29) is 12.5 Å². The average Bonchev–Trinajstić information content (AvgIpc) is 3.05. The van der Waals surface area contributed by atoms with Crippen LogP contribution < -0.4 is 0 Å². The third kappa shape index (κ3) is 3.49. The number of β-lactam (4-membered cyclic amide) rings is 1. The Labute approximate surface area is 161 Å². The summed E-state index contributed by atoms with van der Waals surface area (Å²) < 4.78 is 11.8. The molecule has 0 radical (unpaired) electrons. The minimum Gasteiger partial charge on any atom is -0.449 e. The number of amides is 2. The number of hydrogen-bond donors (Lipinski definition) is 0. The number of rotatable bonds is 7. The van der Waals surface area contributed by atoms with Crippen molar-refractivity contribution in [2.24, 2.45) is 0 Å². The van der Waals surface area contributed by atoms with Crippen molar-refractivity contribution >= 4 is 31.7 Å². The number of nitrogens with zero attached hydrogens (tertiary/aromatic N) is 1. The molecule has 1 fully saturated rings. The molecule has 0 unspecified atom stereocenters. The minimum atomic E-state index is -2.24. The van der Waals surface area contributed by atoms with E-state index in [9.17, 15) is 9.59 Å². The average molecular weight is 398 g/mol. The fourth-order valence-electron chi connectivity index (χ4n) is 4.37. The molecule has 2 rings (SSSR count). The first-order valence-electron chi connectivity index (χ1n) is 9.38. The second kappa shape index (κ2) is 8.23. The molecule has 0 bridgehead atoms. The van der Waals surface area contributed by atoms with Gasteiger partial charge < -0.3 is 9.16 Å². The first kappa shape index (κ1) is 21.1. The molecule has 0 N–H and O–H groups in total. The van der Waals surface area contributed by atoms with Crippen LogP contribution in [0.1, 0.15) is 60.1 Å². The van der Waals surface area contributed by atoms with E-state index in [2.05, 4.69) is 41.5 Å². The molecular formula is C19H31NO4SSi. The molecule has 0 saturated carbocycles. The van der Waals surface area contributed by atoms with Crippen LogP contribution >= 0.6 is 11.3 Å². The van der Waals surface area contributed by atoms with Gasteiger partial charge in [0, 0.05) is 0 Å². The Morgan fingerprint density at radius 1 is 1.19 bits per heavy atom. The van der Waals surface area contributed by atoms with Crippen molar-refractivity contribution in [1.82, 2.24) is 4.90 Å². The summed E-state index contributed by atoms with van der Waals surface area (Å²) >= 11 is 1.55. The molecule has 1 aromatic rings. The normalized spacial score (nSPS) is 20.8. The lowest BCUT2D eigenvalue weighted by Crippen LogP contribution is -2.66. The highest BCUT2D eigenvalue weighted by Gasteiger charge is 2.58. The molecule has 2 atom stereocenters. The van der Waals surface area contributed by atoms with Gasteiger partial charge in [0.2, 0.25) is 8.32 Å². The SMILES string of the molecule is CCOC(=O)N1C(=O)[C@H](O[Si](C(C)C)(C(C)C)C(C)C)[C@@H]1c1ccsc1. The second-order valence-electron chi connectivity index (χ2n) is 7.76. The van der Waals surface area contributed by atoms with Crippen LogP contribution in [0.2, 0.25) is 16.6 Å². The van der Waals surface area contributed by atoms with Gasteiger partial charge in [-0.2, -0.15) is 11.3 Å². The van der Waals surface area contributed by atoms with E-state index in [1.807, 2.05) is 16.8 Å². The van der Waals surface area contributed by atoms with E-state index in [0.29, 0.717) is 16.6 Å². The topological polar surface area (TPSA) is 55.8 Å². The van der Waals surface area contributed by atoms with Gasteiger partial charge in [0.15, 0.2) is 6.10 Å². The van der Waals surface area contributed by atoms with E-state index in [1.54, 1.807) is 18.3 Å². The maximum Gasteiger partial charge on any atom is 0.417 e. The predicted molar refractivity (Wildman–Crippen MR) is 107 cm³/mol. The van der Waals surface area contributed by atoms with Crippen molar-refractivity contribution in [3.05, 3.63) is 22.4 Å². The summed E-state index contributed by atoms with van der Waals surface area (Å²) in [5.74, 6) is -0.279. The second-order valence-corrected chi connectivity index (χ2v) is 14.0. The maximum absolute atomic E-state index is 12.9. The Bertz CT molecular complexity index is 608. The number of imide groups is 1. The lowest BCUT2D eigenvalue weighted by atomic mass is 9.93. The van der Waals surface area contributed by atoms with Crippen LogP contribution in [0.15, 0.2) is 16.8 Å². The molecular weight excluding hydrogens is 366 g/mol. The third-order valence-electron chi connectivity index (χ3n) is 5.43. The maximum atomic E-state index is 12.9. The van der Waals surface area contributed by atoms with Crippen molar-refractivity contribution < 1.29 is 18.8 Å². The standard InChI is InChI=1S/C19H31NO4SSi/c1-8-23-19(22)20-16(15-9-10-25-11-15)17(18(20)21)24-26(12(2)3,13(4)5)14(6)7/h9-14,16-17H,8H2,1-7H3/t16-,17+/m0/s1. The van der Waals surface area contributed by atoms with Gasteiger partial charge in [-0.15, -0.1) is 0 Å². The predicted octanol–water partition coefficient (Wildman–Crippen LogP) is 5.35. The molecule has 146 valence electrons. The highest BCUT2D eigenvalue weighted by molar-refractivity contribution is 7.08. The number of ether oxygens (including phenoxy) is 1. The van der Waals surface area contributed by atoms with Crippen molar-refractivity contribution in [3.8, 4) is 0 Å². The van der Waals surface area contributed by atoms with Gasteiger partial charge in [-0.3, -0.25) is 4.79 Å². The molecule has 2 amide bonds. The molecule has 0 spiro atoms. The Morgan fingerprint density at radius 2 is 1.77 bits per heavy atom. The fourth-order valence-corrected chi connectivity index (χ4v) is 10.5. The Hall–Kier alpha value is -1.18. The quantitative estimate of drug-likeness (QED) is 0.460. The molecule has 0 aromatic carbocycles. The Morgan fingerprint density at radius 3 is 2.19 bits per heavy atom. The summed E-state index contributed by atoms with van der Waals surface area (Å²) in [7, 11) is -2.24. The number of carbonyl (C=O) groups is 2. The number of carbonyl (C=O) groups excluding carboxylic acids is 2. The summed E-state index contributed by atoms with van der Waals surface area (Å²) in [5, 5.41) is 3.93. The van der Waals surface area contributed by atoms with E-state index >= 15 is 0 Å². The fraction of sp³-hybridized carbons (Fsp3) is 0.684. The highest BCUT2D eigenvalue weighted by atomic mass is 32.1. The number of hydrogen-bond acceptors (Lipinski definition) is 5. The van der Waals surface area contributed by atoms with Crippen molar-refractivity contribution in [2.75, 3.05) is 6.61 Å². The molecule has 26 heavy (non-hydrogen) atoms. The van der Waals surface area contributed by atoms with E-state index in [1.165, 1.54) is 4.90 Å². The van der Waals surface area contributed by atoms with Crippen LogP contribution in [-0.4, -0.2) is 37.9 Å². The lowest BCUT2D eigenvalue weighted by Gasteiger charge is -2.51. The van der Waals surface area contributed by atoms with Gasteiger partial charge >= 0.3 is 6.09 Å². The molecule has 5 nitrogen and oxygen atoms in total. The van der Waals surface area contributed by atoms with Gasteiger partial charge in [-0.25, -0.2) is 9.69 Å². The third-order valence-corrected chi connectivity index (χ3v) is 12.2. The summed E-state index contributed by atoms with van der Waals surface area (Å²) in [6.07, 6.45) is -1.19. The van der Waals surface area contributed by atoms with E-state index in [0.717, 1.165) is 5.56 Å². The largest absolute Gasteiger partial charge is 0.449 e. The first-order chi connectivity index (χ1) is 12.2. The molecule has 1 saturated heterocycles. The zero-order valence-electron chi connectivity index (χ0n) is 16.8. The number of likely N-dealkylation sites (tertiary alicyclic amines) is 1. The monoisotopic (exact) mass is 397 g/mol. The Kier molecular flexibility index (Phi) is 6.68. The molecule has 1 aromatic heterocycles. The molecule has 7 heteroatoms. The number of thiophene rings is 1. The minimum absolute atomic E-state index is 0.243. The lowest BCUT2D eigenvalue weighted by molar-refractivity contribution is -0.161. The Balaban J connectivity index is 2.37. The van der Waals surface area contributed by atoms with E-state index < -0.39 is 26.6 Å². The molecule has 2 heterocycles. The van der Waals surface area contributed by atoms with Crippen LogP contribution in [0.5, 0.6) is 0 Å². The summed E-state index contributed by atoms with van der Waals surface area (Å²) in [4.78, 5) is 26.4. The zero-order valence-corrected chi connectivity index (χ0v) is 18.6. The van der Waals surface area contributed by atoms with Crippen molar-refractivity contribution in [2.45, 2.75) is 77.2 Å². The molecule has 1 aliphatic rings. The summed E-state index contributed by atoms with van der Waals surface area (Å²) in [6.45, 7) is 15.1. The zero-order chi connectivity index (χ0) is 19.6. The van der Waals surface area contributed by atoms with Crippen LogP contribution in [0, 0.1) is 0 Å². The molecule has 1 aliphatic heterocycles. The first-order valence-corrected chi connectivity index (χ1v) is 12.5. The van der Waals surface area contributed by atoms with Gasteiger partial charge in [-0.05, 0) is 45.9 Å². The van der Waals surface area contributed by atoms with Crippen LogP contribution in [0.25, 0.3) is 0 Å². The van der Waals surface area contributed by atoms with Crippen LogP contribution in [-0.2, 0) is 14.0 Å². The smallest absolute Gasteiger partial charge is 0.417 e. The van der Waals surface area contributed by atoms with E-state index in [4.69, 9.17) is 9.16 Å². The van der Waals surface area contributed by atoms with Gasteiger partial charge in [0.25, 0.3) is 5.91 Å².